The monoisotopic (exact) mass is 452 g/mol. The summed E-state index contributed by atoms with van der Waals surface area (Å²) in [6, 6.07) is 8.45. The molecule has 2 aliphatic rings. The summed E-state index contributed by atoms with van der Waals surface area (Å²) in [4.78, 5) is 0.138. The van der Waals surface area contributed by atoms with E-state index < -0.39 is 20.0 Å². The van der Waals surface area contributed by atoms with Gasteiger partial charge >= 0.3 is 0 Å². The zero-order valence-electron chi connectivity index (χ0n) is 16.8. The van der Waals surface area contributed by atoms with Gasteiger partial charge in [-0.2, -0.15) is 0 Å². The van der Waals surface area contributed by atoms with E-state index in [-0.39, 0.29) is 24.0 Å². The van der Waals surface area contributed by atoms with Gasteiger partial charge in [0.1, 0.15) is 0 Å². The van der Waals surface area contributed by atoms with Crippen molar-refractivity contribution in [2.45, 2.75) is 38.1 Å². The molecule has 0 saturated carbocycles. The van der Waals surface area contributed by atoms with Crippen molar-refractivity contribution in [2.75, 3.05) is 23.4 Å². The standard InChI is InChI=1S/C20H24N2O6S2/c1-14-10-20(15(2)9-17(14)22-7-3-4-8-29(22,23)24)30(25,26)21-12-16-5-6-18-19(11-16)28-13-27-18/h5-6,9-11,21H,3-4,7-8,12-13H2,1-2H3. The van der Waals surface area contributed by atoms with Crippen LogP contribution in [0, 0.1) is 13.8 Å². The normalized spacial score (nSPS) is 17.9. The molecule has 0 bridgehead atoms. The van der Waals surface area contributed by atoms with Crippen LogP contribution in [0.2, 0.25) is 0 Å². The Labute approximate surface area is 176 Å². The van der Waals surface area contributed by atoms with Crippen LogP contribution >= 0.6 is 0 Å². The lowest BCUT2D eigenvalue weighted by Crippen LogP contribution is -2.38. The smallest absolute Gasteiger partial charge is 0.241 e. The van der Waals surface area contributed by atoms with Crippen molar-refractivity contribution in [1.82, 2.24) is 4.72 Å². The molecule has 1 N–H and O–H groups in total. The average molecular weight is 453 g/mol. The topological polar surface area (TPSA) is 102 Å². The first-order valence-corrected chi connectivity index (χ1v) is 12.8. The van der Waals surface area contributed by atoms with E-state index in [2.05, 4.69) is 4.72 Å². The molecule has 2 aromatic carbocycles. The summed E-state index contributed by atoms with van der Waals surface area (Å²) < 4.78 is 65.3. The number of nitrogens with one attached hydrogen (secondary N) is 1. The van der Waals surface area contributed by atoms with Crippen LogP contribution in [0.3, 0.4) is 0 Å². The molecule has 0 radical (unpaired) electrons. The molecule has 0 aromatic heterocycles. The van der Waals surface area contributed by atoms with E-state index in [1.165, 1.54) is 10.4 Å². The van der Waals surface area contributed by atoms with Crippen molar-refractivity contribution in [1.29, 1.82) is 0 Å². The number of ether oxygens (including phenoxy) is 2. The largest absolute Gasteiger partial charge is 0.454 e. The summed E-state index contributed by atoms with van der Waals surface area (Å²) in [5.74, 6) is 1.34. The molecule has 2 heterocycles. The molecule has 10 heteroatoms. The van der Waals surface area contributed by atoms with Gasteiger partial charge in [0.05, 0.1) is 16.3 Å². The van der Waals surface area contributed by atoms with Crippen LogP contribution in [0.15, 0.2) is 35.2 Å². The first-order chi connectivity index (χ1) is 14.2. The van der Waals surface area contributed by atoms with Crippen molar-refractivity contribution in [3.63, 3.8) is 0 Å². The summed E-state index contributed by atoms with van der Waals surface area (Å²) in [7, 11) is -7.16. The second-order valence-corrected chi connectivity index (χ2v) is 11.3. The van der Waals surface area contributed by atoms with Crippen LogP contribution in [0.5, 0.6) is 11.5 Å². The Kier molecular flexibility index (Phi) is 5.41. The fraction of sp³-hybridized carbons (Fsp3) is 0.400. The van der Waals surface area contributed by atoms with Crippen molar-refractivity contribution in [2.24, 2.45) is 0 Å². The third-order valence-corrected chi connectivity index (χ3v) is 8.70. The molecule has 2 aromatic rings. The molecule has 8 nitrogen and oxygen atoms in total. The minimum Gasteiger partial charge on any atom is -0.454 e. The molecular formula is C20H24N2O6S2. The number of rotatable bonds is 5. The average Bonchev–Trinajstić information content (AvgIpc) is 3.15. The van der Waals surface area contributed by atoms with Gasteiger partial charge in [-0.3, -0.25) is 4.31 Å². The highest BCUT2D eigenvalue weighted by Gasteiger charge is 2.28. The summed E-state index contributed by atoms with van der Waals surface area (Å²) in [5, 5.41) is 0. The fourth-order valence-corrected chi connectivity index (χ4v) is 6.72. The second-order valence-electron chi connectivity index (χ2n) is 7.51. The lowest BCUT2D eigenvalue weighted by molar-refractivity contribution is 0.174. The van der Waals surface area contributed by atoms with E-state index in [1.807, 2.05) is 0 Å². The van der Waals surface area contributed by atoms with Gasteiger partial charge in [0.25, 0.3) is 0 Å². The third kappa shape index (κ3) is 3.99. The van der Waals surface area contributed by atoms with Gasteiger partial charge in [0, 0.05) is 13.1 Å². The highest BCUT2D eigenvalue weighted by Crippen LogP contribution is 2.33. The Morgan fingerprint density at radius 3 is 2.57 bits per heavy atom. The number of fused-ring (bicyclic) bond motifs is 1. The predicted octanol–water partition coefficient (Wildman–Crippen LogP) is 2.44. The Morgan fingerprint density at radius 2 is 1.80 bits per heavy atom. The minimum atomic E-state index is -3.79. The summed E-state index contributed by atoms with van der Waals surface area (Å²) in [6.45, 7) is 4.07. The van der Waals surface area contributed by atoms with Crippen LogP contribution in [0.25, 0.3) is 0 Å². The number of hydrogen-bond acceptors (Lipinski definition) is 6. The number of aryl methyl sites for hydroxylation is 2. The Hall–Kier alpha value is -2.30. The molecule has 0 amide bonds. The molecular weight excluding hydrogens is 428 g/mol. The van der Waals surface area contributed by atoms with Crippen LogP contribution in [0.1, 0.15) is 29.5 Å². The van der Waals surface area contributed by atoms with Crippen LogP contribution in [-0.4, -0.2) is 35.9 Å². The zero-order valence-corrected chi connectivity index (χ0v) is 18.5. The van der Waals surface area contributed by atoms with Gasteiger partial charge in [0.15, 0.2) is 11.5 Å². The number of nitrogens with zero attached hydrogens (tertiary/aromatic N) is 1. The molecule has 4 rings (SSSR count). The molecule has 1 saturated heterocycles. The molecule has 0 unspecified atom stereocenters. The number of sulfonamides is 2. The van der Waals surface area contributed by atoms with Crippen LogP contribution in [-0.2, 0) is 26.6 Å². The van der Waals surface area contributed by atoms with E-state index in [0.29, 0.717) is 41.3 Å². The van der Waals surface area contributed by atoms with Crippen molar-refractivity contribution in [3.8, 4) is 11.5 Å². The highest BCUT2D eigenvalue weighted by atomic mass is 32.2. The van der Waals surface area contributed by atoms with Gasteiger partial charge < -0.3 is 9.47 Å². The van der Waals surface area contributed by atoms with E-state index in [1.54, 1.807) is 38.1 Å². The molecule has 162 valence electrons. The van der Waals surface area contributed by atoms with Crippen molar-refractivity contribution >= 4 is 25.7 Å². The van der Waals surface area contributed by atoms with Crippen LogP contribution < -0.4 is 18.5 Å². The van der Waals surface area contributed by atoms with Gasteiger partial charge in [0.2, 0.25) is 26.8 Å². The van der Waals surface area contributed by atoms with Gasteiger partial charge in [-0.1, -0.05) is 6.07 Å². The zero-order chi connectivity index (χ0) is 21.5. The molecule has 0 atom stereocenters. The Bertz CT molecular complexity index is 1190. The molecule has 0 aliphatic carbocycles. The highest BCUT2D eigenvalue weighted by molar-refractivity contribution is 7.92. The first kappa shape index (κ1) is 21.0. The van der Waals surface area contributed by atoms with Gasteiger partial charge in [-0.15, -0.1) is 0 Å². The SMILES string of the molecule is Cc1cc(S(=O)(=O)NCc2ccc3c(c2)OCO3)c(C)cc1N1CCCCS1(=O)=O. The van der Waals surface area contributed by atoms with Crippen LogP contribution in [0.4, 0.5) is 5.69 Å². The van der Waals surface area contributed by atoms with E-state index in [9.17, 15) is 16.8 Å². The van der Waals surface area contributed by atoms with Crippen molar-refractivity contribution in [3.05, 3.63) is 47.0 Å². The number of anilines is 1. The maximum atomic E-state index is 12.9. The number of benzene rings is 2. The quantitative estimate of drug-likeness (QED) is 0.748. The van der Waals surface area contributed by atoms with Gasteiger partial charge in [-0.05, 0) is 67.6 Å². The fourth-order valence-electron chi connectivity index (χ4n) is 3.70. The molecule has 30 heavy (non-hydrogen) atoms. The lowest BCUT2D eigenvalue weighted by Gasteiger charge is -2.30. The van der Waals surface area contributed by atoms with Gasteiger partial charge in [-0.25, -0.2) is 21.6 Å². The second kappa shape index (κ2) is 7.75. The maximum Gasteiger partial charge on any atom is 0.241 e. The lowest BCUT2D eigenvalue weighted by atomic mass is 10.1. The Balaban J connectivity index is 1.57. The predicted molar refractivity (Wildman–Crippen MR) is 113 cm³/mol. The third-order valence-electron chi connectivity index (χ3n) is 5.30. The molecule has 0 spiro atoms. The number of hydrogen-bond donors (Lipinski definition) is 1. The van der Waals surface area contributed by atoms with E-state index in [0.717, 1.165) is 12.0 Å². The summed E-state index contributed by atoms with van der Waals surface area (Å²) in [5.41, 5.74) is 2.39. The maximum absolute atomic E-state index is 12.9. The summed E-state index contributed by atoms with van der Waals surface area (Å²) >= 11 is 0. The molecule has 1 fully saturated rings. The van der Waals surface area contributed by atoms with E-state index in [4.69, 9.17) is 9.47 Å². The summed E-state index contributed by atoms with van der Waals surface area (Å²) in [6.07, 6.45) is 1.43. The first-order valence-electron chi connectivity index (χ1n) is 9.67. The van der Waals surface area contributed by atoms with Crippen molar-refractivity contribution < 1.29 is 26.3 Å². The molecule has 2 aliphatic heterocycles. The minimum absolute atomic E-state index is 0.0969. The van der Waals surface area contributed by atoms with E-state index >= 15 is 0 Å². The Morgan fingerprint density at radius 1 is 1.03 bits per heavy atom.